The Morgan fingerprint density at radius 2 is 1.93 bits per heavy atom. The Bertz CT molecular complexity index is 351. The van der Waals surface area contributed by atoms with E-state index >= 15 is 0 Å². The summed E-state index contributed by atoms with van der Waals surface area (Å²) < 4.78 is 0. The van der Waals surface area contributed by atoms with Gasteiger partial charge in [0.1, 0.15) is 0 Å². The van der Waals surface area contributed by atoms with Gasteiger partial charge < -0.3 is 10.0 Å². The van der Waals surface area contributed by atoms with Crippen molar-refractivity contribution in [3.8, 4) is 6.07 Å². The van der Waals surface area contributed by atoms with Crippen molar-refractivity contribution in [3.63, 3.8) is 0 Å². The summed E-state index contributed by atoms with van der Waals surface area (Å²) in [6.45, 7) is 0. The zero-order valence-corrected chi connectivity index (χ0v) is 7.59. The molecule has 2 N–H and O–H groups in total. The monoisotopic (exact) mass is 187 g/mol. The van der Waals surface area contributed by atoms with Gasteiger partial charge in [0.05, 0.1) is 12.5 Å². The van der Waals surface area contributed by atoms with Gasteiger partial charge in [-0.2, -0.15) is 5.26 Å². The lowest BCUT2D eigenvalue weighted by Crippen LogP contribution is -2.05. The maximum absolute atomic E-state index is 8.58. The van der Waals surface area contributed by atoms with Gasteiger partial charge >= 0.3 is 7.12 Å². The lowest BCUT2D eigenvalue weighted by molar-refractivity contribution is 0.424. The van der Waals surface area contributed by atoms with E-state index in [-0.39, 0.29) is 0 Å². The minimum absolute atomic E-state index is 0.395. The van der Waals surface area contributed by atoms with Crippen LogP contribution in [0.2, 0.25) is 0 Å². The summed E-state index contributed by atoms with van der Waals surface area (Å²) in [5.74, 6) is 1.28. The quantitative estimate of drug-likeness (QED) is 0.687. The maximum Gasteiger partial charge on any atom is 0.480 e. The molecule has 0 saturated heterocycles. The first kappa shape index (κ1) is 10.5. The van der Waals surface area contributed by atoms with Crippen LogP contribution in [0.25, 0.3) is 6.08 Å². The van der Waals surface area contributed by atoms with Gasteiger partial charge in [0.2, 0.25) is 0 Å². The minimum atomic E-state index is -1.42. The van der Waals surface area contributed by atoms with Gasteiger partial charge in [0.25, 0.3) is 0 Å². The third kappa shape index (κ3) is 3.44. The van der Waals surface area contributed by atoms with Crippen LogP contribution < -0.4 is 0 Å². The van der Waals surface area contributed by atoms with E-state index in [0.717, 1.165) is 11.1 Å². The highest BCUT2D eigenvalue weighted by molar-refractivity contribution is 6.48. The minimum Gasteiger partial charge on any atom is -0.424 e. The third-order valence-electron chi connectivity index (χ3n) is 1.72. The van der Waals surface area contributed by atoms with Gasteiger partial charge in [-0.15, -0.1) is 0 Å². The molecule has 0 aliphatic carbocycles. The van der Waals surface area contributed by atoms with E-state index in [1.54, 1.807) is 6.08 Å². The van der Waals surface area contributed by atoms with Gasteiger partial charge in [0.15, 0.2) is 0 Å². The molecule has 1 aromatic carbocycles. The van der Waals surface area contributed by atoms with Gasteiger partial charge in [-0.1, -0.05) is 36.3 Å². The van der Waals surface area contributed by atoms with E-state index in [1.165, 1.54) is 5.98 Å². The van der Waals surface area contributed by atoms with Crippen molar-refractivity contribution in [2.45, 2.75) is 6.42 Å². The Morgan fingerprint density at radius 3 is 2.43 bits per heavy atom. The Morgan fingerprint density at radius 1 is 1.29 bits per heavy atom. The maximum atomic E-state index is 8.58. The molecule has 0 bridgehead atoms. The molecule has 0 saturated carbocycles. The van der Waals surface area contributed by atoms with Crippen molar-refractivity contribution in [1.82, 2.24) is 0 Å². The fourth-order valence-electron chi connectivity index (χ4n) is 1.04. The molecular formula is C10H10BNO2. The van der Waals surface area contributed by atoms with Crippen LogP contribution in [0, 0.1) is 11.3 Å². The smallest absolute Gasteiger partial charge is 0.424 e. The van der Waals surface area contributed by atoms with Crippen molar-refractivity contribution in [2.24, 2.45) is 0 Å². The number of nitriles is 1. The molecule has 0 unspecified atom stereocenters. The predicted molar refractivity (Wildman–Crippen MR) is 55.0 cm³/mol. The van der Waals surface area contributed by atoms with Crippen molar-refractivity contribution in [3.05, 3.63) is 41.4 Å². The second-order valence-electron chi connectivity index (χ2n) is 2.85. The highest BCUT2D eigenvalue weighted by Gasteiger charge is 1.98. The third-order valence-corrected chi connectivity index (χ3v) is 1.72. The summed E-state index contributed by atoms with van der Waals surface area (Å²) in [4.78, 5) is 0. The second kappa shape index (κ2) is 5.23. The average Bonchev–Trinajstić information content (AvgIpc) is 2.17. The summed E-state index contributed by atoms with van der Waals surface area (Å²) in [6, 6.07) is 9.39. The zero-order valence-electron chi connectivity index (χ0n) is 7.59. The van der Waals surface area contributed by atoms with Gasteiger partial charge in [-0.3, -0.25) is 0 Å². The number of hydrogen-bond donors (Lipinski definition) is 2. The molecule has 0 heterocycles. The van der Waals surface area contributed by atoms with Crippen molar-refractivity contribution in [2.75, 3.05) is 0 Å². The van der Waals surface area contributed by atoms with Crippen LogP contribution in [-0.4, -0.2) is 17.2 Å². The highest BCUT2D eigenvalue weighted by atomic mass is 16.4. The van der Waals surface area contributed by atoms with Crippen LogP contribution in [0.1, 0.15) is 11.1 Å². The Kier molecular flexibility index (Phi) is 3.93. The summed E-state index contributed by atoms with van der Waals surface area (Å²) in [7, 11) is -1.42. The van der Waals surface area contributed by atoms with Gasteiger partial charge in [-0.25, -0.2) is 0 Å². The molecule has 0 spiro atoms. The van der Waals surface area contributed by atoms with Crippen LogP contribution in [0.15, 0.2) is 30.2 Å². The SMILES string of the molecule is N#CCc1ccc(/C=C/B(O)O)cc1. The molecule has 0 amide bonds. The van der Waals surface area contributed by atoms with E-state index < -0.39 is 7.12 Å². The van der Waals surface area contributed by atoms with E-state index in [2.05, 4.69) is 6.07 Å². The first-order valence-electron chi connectivity index (χ1n) is 4.22. The first-order valence-corrected chi connectivity index (χ1v) is 4.22. The van der Waals surface area contributed by atoms with Crippen LogP contribution in [0.5, 0.6) is 0 Å². The molecule has 0 atom stereocenters. The van der Waals surface area contributed by atoms with Crippen LogP contribution in [0.4, 0.5) is 0 Å². The highest BCUT2D eigenvalue weighted by Crippen LogP contribution is 2.06. The summed E-state index contributed by atoms with van der Waals surface area (Å²) in [5.41, 5.74) is 1.83. The molecule has 0 radical (unpaired) electrons. The topological polar surface area (TPSA) is 64.2 Å². The predicted octanol–water partition coefficient (Wildman–Crippen LogP) is 0.778. The second-order valence-corrected chi connectivity index (χ2v) is 2.85. The summed E-state index contributed by atoms with van der Waals surface area (Å²) in [5, 5.41) is 25.6. The van der Waals surface area contributed by atoms with Gasteiger partial charge in [-0.05, 0) is 11.1 Å². The molecule has 0 fully saturated rings. The fraction of sp³-hybridized carbons (Fsp3) is 0.100. The van der Waals surface area contributed by atoms with Crippen molar-refractivity contribution in [1.29, 1.82) is 5.26 Å². The fourth-order valence-corrected chi connectivity index (χ4v) is 1.04. The zero-order chi connectivity index (χ0) is 10.4. The number of benzene rings is 1. The lowest BCUT2D eigenvalue weighted by atomic mass is 9.90. The lowest BCUT2D eigenvalue weighted by Gasteiger charge is -1.96. The van der Waals surface area contributed by atoms with E-state index in [0.29, 0.717) is 6.42 Å². The average molecular weight is 187 g/mol. The molecule has 1 aromatic rings. The molecule has 4 heteroatoms. The molecule has 0 aromatic heterocycles. The van der Waals surface area contributed by atoms with Crippen LogP contribution in [0.3, 0.4) is 0 Å². The van der Waals surface area contributed by atoms with E-state index in [4.69, 9.17) is 15.3 Å². The van der Waals surface area contributed by atoms with E-state index in [9.17, 15) is 0 Å². The molecule has 1 rings (SSSR count). The van der Waals surface area contributed by atoms with Crippen molar-refractivity contribution < 1.29 is 10.0 Å². The summed E-state index contributed by atoms with van der Waals surface area (Å²) in [6.07, 6.45) is 2.01. The molecular weight excluding hydrogens is 177 g/mol. The van der Waals surface area contributed by atoms with Gasteiger partial charge in [0, 0.05) is 0 Å². The Labute approximate surface area is 83.1 Å². The largest absolute Gasteiger partial charge is 0.480 e. The Balaban J connectivity index is 2.69. The van der Waals surface area contributed by atoms with Crippen LogP contribution in [-0.2, 0) is 6.42 Å². The number of hydrogen-bond acceptors (Lipinski definition) is 3. The summed E-state index contributed by atoms with van der Waals surface area (Å²) >= 11 is 0. The number of nitrogens with zero attached hydrogens (tertiary/aromatic N) is 1. The normalized spacial score (nSPS) is 10.1. The molecule has 14 heavy (non-hydrogen) atoms. The molecule has 0 aliphatic rings. The van der Waals surface area contributed by atoms with Crippen molar-refractivity contribution >= 4 is 13.2 Å². The Hall–Kier alpha value is -1.57. The molecule has 3 nitrogen and oxygen atoms in total. The van der Waals surface area contributed by atoms with E-state index in [1.807, 2.05) is 24.3 Å². The first-order chi connectivity index (χ1) is 6.72. The molecule has 70 valence electrons. The standard InChI is InChI=1S/C10H10BNO2/c12-8-6-10-3-1-9(2-4-10)5-7-11(13)14/h1-5,7,13-14H,6H2/b7-5+. The molecule has 0 aliphatic heterocycles. The van der Waals surface area contributed by atoms with Crippen LogP contribution >= 0.6 is 0 Å². The number of rotatable bonds is 3.